The van der Waals surface area contributed by atoms with Crippen molar-refractivity contribution in [2.45, 2.75) is 83.0 Å². The second kappa shape index (κ2) is 9.09. The van der Waals surface area contributed by atoms with Crippen LogP contribution in [0.5, 0.6) is 0 Å². The Morgan fingerprint density at radius 1 is 1.46 bits per heavy atom. The van der Waals surface area contributed by atoms with E-state index in [4.69, 9.17) is 14.7 Å². The standard InChI is InChI=1S/C15H31FN6O3Si/c1-10(16)22(21-18-5)11-8-13(19-20-17)25-12(14(11)23)9-24-26(6,7)15(2,3)4/h10-14,23H,8-9H2,1-7H3/b21-18-/t10?,11-,12-,13?,14+/m1/s1. The largest absolute Gasteiger partial charge is 0.414 e. The van der Waals surface area contributed by atoms with Gasteiger partial charge in [-0.2, -0.15) is 5.11 Å². The van der Waals surface area contributed by atoms with Crippen LogP contribution in [0.3, 0.4) is 0 Å². The average molecular weight is 391 g/mol. The molecular weight excluding hydrogens is 359 g/mol. The second-order valence-electron chi connectivity index (χ2n) is 7.94. The third kappa shape index (κ3) is 5.62. The molecule has 1 fully saturated rings. The van der Waals surface area contributed by atoms with Gasteiger partial charge in [-0.15, -0.1) is 0 Å². The molecule has 2 unspecified atom stereocenters. The molecule has 150 valence electrons. The number of aliphatic hydroxyl groups excluding tert-OH is 1. The fourth-order valence-corrected chi connectivity index (χ4v) is 3.49. The number of alkyl halides is 1. The lowest BCUT2D eigenvalue weighted by Gasteiger charge is -2.43. The molecule has 0 spiro atoms. The molecule has 0 amide bonds. The molecule has 0 saturated carbocycles. The zero-order valence-corrected chi connectivity index (χ0v) is 17.6. The molecule has 0 aromatic carbocycles. The van der Waals surface area contributed by atoms with Gasteiger partial charge in [0, 0.05) is 11.3 Å². The van der Waals surface area contributed by atoms with E-state index < -0.39 is 39.1 Å². The highest BCUT2D eigenvalue weighted by Crippen LogP contribution is 2.37. The fourth-order valence-electron chi connectivity index (χ4n) is 2.48. The van der Waals surface area contributed by atoms with E-state index in [0.717, 1.165) is 5.01 Å². The number of aliphatic hydroxyl groups is 1. The van der Waals surface area contributed by atoms with E-state index in [-0.39, 0.29) is 18.1 Å². The van der Waals surface area contributed by atoms with Crippen LogP contribution in [0, 0.1) is 0 Å². The molecule has 0 bridgehead atoms. The van der Waals surface area contributed by atoms with Gasteiger partial charge in [0.25, 0.3) is 0 Å². The minimum absolute atomic E-state index is 0.00780. The Balaban J connectivity index is 3.01. The summed E-state index contributed by atoms with van der Waals surface area (Å²) in [6.07, 6.45) is -4.02. The van der Waals surface area contributed by atoms with Crippen LogP contribution in [0.4, 0.5) is 4.39 Å². The van der Waals surface area contributed by atoms with E-state index in [2.05, 4.69) is 54.2 Å². The van der Waals surface area contributed by atoms with Crippen LogP contribution in [0.25, 0.3) is 10.4 Å². The maximum atomic E-state index is 14.0. The topological polar surface area (TPSA) is 115 Å². The molecule has 0 aromatic heterocycles. The lowest BCUT2D eigenvalue weighted by Crippen LogP contribution is -2.57. The summed E-state index contributed by atoms with van der Waals surface area (Å²) in [7, 11) is -0.649. The van der Waals surface area contributed by atoms with Crippen molar-refractivity contribution in [2.24, 2.45) is 15.5 Å². The fraction of sp³-hybridized carbons (Fsp3) is 1.00. The average Bonchev–Trinajstić information content (AvgIpc) is 2.52. The van der Waals surface area contributed by atoms with Gasteiger partial charge in [-0.3, -0.25) is 0 Å². The lowest BCUT2D eigenvalue weighted by molar-refractivity contribution is -0.173. The number of nitrogens with zero attached hydrogens (tertiary/aromatic N) is 6. The first-order valence-electron chi connectivity index (χ1n) is 8.68. The van der Waals surface area contributed by atoms with Crippen molar-refractivity contribution >= 4 is 8.32 Å². The summed E-state index contributed by atoms with van der Waals surface area (Å²) in [5.74, 6) is 0. The SMILES string of the molecule is C/N=N\N(C(C)F)[C@@H]1CC(N=[N+]=[N-])O[C@H](CO[Si](C)(C)C(C)(C)C)[C@H]1O. The van der Waals surface area contributed by atoms with Gasteiger partial charge in [-0.25, -0.2) is 9.40 Å². The summed E-state index contributed by atoms with van der Waals surface area (Å²) in [5, 5.41) is 22.8. The normalized spacial score (nSPS) is 28.7. The van der Waals surface area contributed by atoms with E-state index >= 15 is 0 Å². The lowest BCUT2D eigenvalue weighted by atomic mass is 9.97. The Morgan fingerprint density at radius 3 is 2.54 bits per heavy atom. The van der Waals surface area contributed by atoms with Crippen molar-refractivity contribution in [1.82, 2.24) is 5.01 Å². The van der Waals surface area contributed by atoms with Crippen LogP contribution in [-0.4, -0.2) is 62.9 Å². The minimum Gasteiger partial charge on any atom is -0.414 e. The Kier molecular flexibility index (Phi) is 7.97. The molecule has 5 atom stereocenters. The van der Waals surface area contributed by atoms with Crippen molar-refractivity contribution < 1.29 is 18.7 Å². The molecule has 0 aromatic rings. The van der Waals surface area contributed by atoms with E-state index in [0.29, 0.717) is 0 Å². The summed E-state index contributed by atoms with van der Waals surface area (Å²) < 4.78 is 25.8. The summed E-state index contributed by atoms with van der Waals surface area (Å²) in [4.78, 5) is 2.77. The predicted molar refractivity (Wildman–Crippen MR) is 98.6 cm³/mol. The first-order chi connectivity index (χ1) is 11.9. The van der Waals surface area contributed by atoms with Gasteiger partial charge in [0.05, 0.1) is 19.7 Å². The molecule has 1 aliphatic rings. The first-order valence-corrected chi connectivity index (χ1v) is 11.6. The van der Waals surface area contributed by atoms with Gasteiger partial charge in [0.2, 0.25) is 0 Å². The number of hydrogen-bond donors (Lipinski definition) is 1. The smallest absolute Gasteiger partial charge is 0.192 e. The van der Waals surface area contributed by atoms with Crippen molar-refractivity contribution in [3.05, 3.63) is 10.4 Å². The summed E-state index contributed by atoms with van der Waals surface area (Å²) >= 11 is 0. The Labute approximate surface area is 155 Å². The highest BCUT2D eigenvalue weighted by molar-refractivity contribution is 6.74. The molecule has 11 heteroatoms. The second-order valence-corrected chi connectivity index (χ2v) is 12.8. The molecule has 26 heavy (non-hydrogen) atoms. The molecule has 1 saturated heterocycles. The molecule has 1 rings (SSSR count). The van der Waals surface area contributed by atoms with Crippen molar-refractivity contribution in [3.8, 4) is 0 Å². The van der Waals surface area contributed by atoms with Gasteiger partial charge in [-0.1, -0.05) is 31.1 Å². The zero-order chi connectivity index (χ0) is 20.1. The van der Waals surface area contributed by atoms with Crippen LogP contribution >= 0.6 is 0 Å². The van der Waals surface area contributed by atoms with Gasteiger partial charge >= 0.3 is 0 Å². The van der Waals surface area contributed by atoms with Crippen molar-refractivity contribution in [1.29, 1.82) is 0 Å². The van der Waals surface area contributed by atoms with Gasteiger partial charge < -0.3 is 14.3 Å². The third-order valence-corrected chi connectivity index (χ3v) is 9.54. The number of halogens is 1. The van der Waals surface area contributed by atoms with Crippen LogP contribution in [-0.2, 0) is 9.16 Å². The monoisotopic (exact) mass is 390 g/mol. The highest BCUT2D eigenvalue weighted by atomic mass is 28.4. The Morgan fingerprint density at radius 2 is 2.08 bits per heavy atom. The minimum atomic E-state index is -2.07. The summed E-state index contributed by atoms with van der Waals surface area (Å²) in [6, 6.07) is -0.740. The zero-order valence-electron chi connectivity index (χ0n) is 16.6. The van der Waals surface area contributed by atoms with Crippen molar-refractivity contribution in [3.63, 3.8) is 0 Å². The number of hydrogen-bond acceptors (Lipinski definition) is 6. The van der Waals surface area contributed by atoms with Crippen LogP contribution in [0.1, 0.15) is 34.1 Å². The predicted octanol–water partition coefficient (Wildman–Crippen LogP) is 3.78. The van der Waals surface area contributed by atoms with Gasteiger partial charge in [0.15, 0.2) is 14.6 Å². The van der Waals surface area contributed by atoms with Gasteiger partial charge in [-0.05, 0) is 30.6 Å². The summed E-state index contributed by atoms with van der Waals surface area (Å²) in [5.41, 5.74) is 8.74. The van der Waals surface area contributed by atoms with Crippen LogP contribution < -0.4 is 0 Å². The number of ether oxygens (including phenoxy) is 1. The van der Waals surface area contributed by atoms with Crippen LogP contribution in [0.2, 0.25) is 18.1 Å². The van der Waals surface area contributed by atoms with Gasteiger partial charge in [0.1, 0.15) is 18.4 Å². The molecule has 1 N–H and O–H groups in total. The molecule has 1 aliphatic heterocycles. The Bertz CT molecular complexity index is 536. The highest BCUT2D eigenvalue weighted by Gasteiger charge is 2.44. The summed E-state index contributed by atoms with van der Waals surface area (Å²) in [6.45, 7) is 11.9. The molecule has 0 radical (unpaired) electrons. The molecule has 0 aliphatic carbocycles. The molecule has 9 nitrogen and oxygen atoms in total. The Hall–Kier alpha value is -1.26. The van der Waals surface area contributed by atoms with Crippen molar-refractivity contribution in [2.75, 3.05) is 13.7 Å². The number of azide groups is 1. The van der Waals surface area contributed by atoms with E-state index in [1.54, 1.807) is 0 Å². The quantitative estimate of drug-likeness (QED) is 0.178. The maximum Gasteiger partial charge on any atom is 0.192 e. The molecule has 1 heterocycles. The van der Waals surface area contributed by atoms with Crippen LogP contribution in [0.15, 0.2) is 15.5 Å². The first kappa shape index (κ1) is 22.8. The maximum absolute atomic E-state index is 14.0. The van der Waals surface area contributed by atoms with E-state index in [9.17, 15) is 9.50 Å². The van der Waals surface area contributed by atoms with E-state index in [1.807, 2.05) is 0 Å². The molecular formula is C15H31FN6O3Si. The third-order valence-electron chi connectivity index (χ3n) is 5.04. The number of rotatable bonds is 7. The van der Waals surface area contributed by atoms with E-state index in [1.165, 1.54) is 14.0 Å².